The van der Waals surface area contributed by atoms with Crippen molar-refractivity contribution in [3.63, 3.8) is 0 Å². The van der Waals surface area contributed by atoms with Crippen LogP contribution < -0.4 is 16.4 Å². The molecule has 23 heavy (non-hydrogen) atoms. The van der Waals surface area contributed by atoms with Crippen LogP contribution in [0.25, 0.3) is 0 Å². The van der Waals surface area contributed by atoms with Gasteiger partial charge in [0.05, 0.1) is 0 Å². The average Bonchev–Trinajstić information content (AvgIpc) is 3.04. The first-order valence-corrected chi connectivity index (χ1v) is 8.79. The molecule has 0 aliphatic carbocycles. The average molecular weight is 390 g/mol. The van der Waals surface area contributed by atoms with Crippen LogP contribution in [0.2, 0.25) is 0 Å². The SMILES string of the molecule is Nc1c(NCCc2cccs2)ncnc1Nc1cccc(Br)c1. The fourth-order valence-corrected chi connectivity index (χ4v) is 3.21. The van der Waals surface area contributed by atoms with Gasteiger partial charge in [-0.1, -0.05) is 28.1 Å². The van der Waals surface area contributed by atoms with Crippen LogP contribution in [-0.2, 0) is 6.42 Å². The van der Waals surface area contributed by atoms with Crippen LogP contribution in [0.1, 0.15) is 4.88 Å². The minimum atomic E-state index is 0.513. The Morgan fingerprint density at radius 1 is 1.13 bits per heavy atom. The molecule has 3 aromatic rings. The summed E-state index contributed by atoms with van der Waals surface area (Å²) < 4.78 is 0.990. The summed E-state index contributed by atoms with van der Waals surface area (Å²) in [6, 6.07) is 12.0. The van der Waals surface area contributed by atoms with E-state index in [4.69, 9.17) is 5.73 Å². The molecule has 0 saturated heterocycles. The topological polar surface area (TPSA) is 75.9 Å². The maximum absolute atomic E-state index is 6.17. The van der Waals surface area contributed by atoms with Crippen molar-refractivity contribution < 1.29 is 0 Å². The van der Waals surface area contributed by atoms with E-state index in [9.17, 15) is 0 Å². The summed E-state index contributed by atoms with van der Waals surface area (Å²) in [5, 5.41) is 8.56. The standard InChI is InChI=1S/C16H16BrN5S/c17-11-3-1-4-12(9-11)22-16-14(18)15(20-10-21-16)19-7-6-13-5-2-8-23-13/h1-5,8-10H,6-7,18H2,(H2,19,20,21,22). The van der Waals surface area contributed by atoms with E-state index in [0.29, 0.717) is 17.3 Å². The zero-order chi connectivity index (χ0) is 16.1. The van der Waals surface area contributed by atoms with Gasteiger partial charge in [0.25, 0.3) is 0 Å². The molecule has 2 aromatic heterocycles. The van der Waals surface area contributed by atoms with Gasteiger partial charge in [-0.2, -0.15) is 0 Å². The number of halogens is 1. The molecular weight excluding hydrogens is 374 g/mol. The van der Waals surface area contributed by atoms with Crippen molar-refractivity contribution in [1.82, 2.24) is 9.97 Å². The van der Waals surface area contributed by atoms with Gasteiger partial charge in [0.15, 0.2) is 11.6 Å². The van der Waals surface area contributed by atoms with E-state index in [1.165, 1.54) is 11.2 Å². The van der Waals surface area contributed by atoms with Crippen LogP contribution in [0.5, 0.6) is 0 Å². The number of aromatic nitrogens is 2. The zero-order valence-electron chi connectivity index (χ0n) is 12.3. The molecule has 5 nitrogen and oxygen atoms in total. The number of nitrogen functional groups attached to an aromatic ring is 1. The van der Waals surface area contributed by atoms with Crippen molar-refractivity contribution in [2.75, 3.05) is 22.9 Å². The monoisotopic (exact) mass is 389 g/mol. The first-order chi connectivity index (χ1) is 11.2. The van der Waals surface area contributed by atoms with Crippen molar-refractivity contribution in [1.29, 1.82) is 0 Å². The number of thiophene rings is 1. The van der Waals surface area contributed by atoms with Gasteiger partial charge in [0.1, 0.15) is 12.0 Å². The third-order valence-corrected chi connectivity index (χ3v) is 4.64. The first kappa shape index (κ1) is 15.8. The predicted molar refractivity (Wildman–Crippen MR) is 100 cm³/mol. The highest BCUT2D eigenvalue weighted by Gasteiger charge is 2.08. The van der Waals surface area contributed by atoms with Gasteiger partial charge in [-0.15, -0.1) is 11.3 Å². The Bertz CT molecular complexity index is 776. The van der Waals surface area contributed by atoms with Crippen molar-refractivity contribution >= 4 is 50.3 Å². The fourth-order valence-electron chi connectivity index (χ4n) is 2.10. The van der Waals surface area contributed by atoms with Gasteiger partial charge < -0.3 is 16.4 Å². The number of nitrogens with one attached hydrogen (secondary N) is 2. The van der Waals surface area contributed by atoms with Crippen molar-refractivity contribution in [2.45, 2.75) is 6.42 Å². The minimum Gasteiger partial charge on any atom is -0.393 e. The molecule has 0 radical (unpaired) electrons. The van der Waals surface area contributed by atoms with Crippen LogP contribution in [0.15, 0.2) is 52.6 Å². The summed E-state index contributed by atoms with van der Waals surface area (Å²) in [5.41, 5.74) is 7.59. The van der Waals surface area contributed by atoms with Gasteiger partial charge >= 0.3 is 0 Å². The second-order valence-electron chi connectivity index (χ2n) is 4.88. The van der Waals surface area contributed by atoms with Crippen LogP contribution in [0.4, 0.5) is 23.0 Å². The zero-order valence-corrected chi connectivity index (χ0v) is 14.7. The van der Waals surface area contributed by atoms with Crippen LogP contribution >= 0.6 is 27.3 Å². The van der Waals surface area contributed by atoms with Crippen molar-refractivity contribution in [3.05, 3.63) is 57.5 Å². The molecule has 0 fully saturated rings. The van der Waals surface area contributed by atoms with E-state index in [1.54, 1.807) is 11.3 Å². The molecule has 118 valence electrons. The summed E-state index contributed by atoms with van der Waals surface area (Å²) in [5.74, 6) is 1.24. The molecule has 0 spiro atoms. The van der Waals surface area contributed by atoms with Gasteiger partial charge in [-0.25, -0.2) is 9.97 Å². The van der Waals surface area contributed by atoms with E-state index >= 15 is 0 Å². The number of anilines is 4. The minimum absolute atomic E-state index is 0.513. The number of nitrogens with two attached hydrogens (primary N) is 1. The fraction of sp³-hybridized carbons (Fsp3) is 0.125. The van der Waals surface area contributed by atoms with Crippen molar-refractivity contribution in [2.24, 2.45) is 0 Å². The number of benzene rings is 1. The third kappa shape index (κ3) is 4.20. The van der Waals surface area contributed by atoms with Gasteiger partial charge in [-0.3, -0.25) is 0 Å². The molecule has 7 heteroatoms. The Labute approximate surface area is 147 Å². The Morgan fingerprint density at radius 2 is 2.00 bits per heavy atom. The molecule has 0 amide bonds. The molecule has 3 rings (SSSR count). The number of hydrogen-bond acceptors (Lipinski definition) is 6. The highest BCUT2D eigenvalue weighted by Crippen LogP contribution is 2.26. The molecular formula is C16H16BrN5S. The highest BCUT2D eigenvalue weighted by atomic mass is 79.9. The molecule has 4 N–H and O–H groups in total. The van der Waals surface area contributed by atoms with Gasteiger partial charge in [-0.05, 0) is 36.1 Å². The summed E-state index contributed by atoms with van der Waals surface area (Å²) >= 11 is 5.19. The molecule has 0 bridgehead atoms. The lowest BCUT2D eigenvalue weighted by atomic mass is 10.3. The summed E-state index contributed by atoms with van der Waals surface area (Å²) in [6.45, 7) is 0.776. The summed E-state index contributed by atoms with van der Waals surface area (Å²) in [6.07, 6.45) is 2.44. The Hall–Kier alpha value is -2.12. The maximum Gasteiger partial charge on any atom is 0.159 e. The maximum atomic E-state index is 6.17. The lowest BCUT2D eigenvalue weighted by Crippen LogP contribution is -2.10. The smallest absolute Gasteiger partial charge is 0.159 e. The predicted octanol–water partition coefficient (Wildman–Crippen LogP) is 4.28. The molecule has 0 aliphatic heterocycles. The number of hydrogen-bond donors (Lipinski definition) is 3. The largest absolute Gasteiger partial charge is 0.393 e. The lowest BCUT2D eigenvalue weighted by molar-refractivity contribution is 1.02. The van der Waals surface area contributed by atoms with Gasteiger partial charge in [0, 0.05) is 21.6 Å². The van der Waals surface area contributed by atoms with Gasteiger partial charge in [0.2, 0.25) is 0 Å². The quantitative estimate of drug-likeness (QED) is 0.586. The Morgan fingerprint density at radius 3 is 2.78 bits per heavy atom. The Balaban J connectivity index is 1.68. The molecule has 0 aliphatic rings. The molecule has 2 heterocycles. The first-order valence-electron chi connectivity index (χ1n) is 7.11. The van der Waals surface area contributed by atoms with E-state index in [0.717, 1.165) is 23.1 Å². The van der Waals surface area contributed by atoms with Crippen LogP contribution in [0, 0.1) is 0 Å². The summed E-state index contributed by atoms with van der Waals surface area (Å²) in [7, 11) is 0. The number of rotatable bonds is 6. The molecule has 0 saturated carbocycles. The normalized spacial score (nSPS) is 10.5. The Kier molecular flexibility index (Phi) is 5.09. The molecule has 0 atom stereocenters. The third-order valence-electron chi connectivity index (χ3n) is 3.22. The van der Waals surface area contributed by atoms with Crippen LogP contribution in [-0.4, -0.2) is 16.5 Å². The van der Waals surface area contributed by atoms with Crippen molar-refractivity contribution in [3.8, 4) is 0 Å². The highest BCUT2D eigenvalue weighted by molar-refractivity contribution is 9.10. The lowest BCUT2D eigenvalue weighted by Gasteiger charge is -2.12. The number of nitrogens with zero attached hydrogens (tertiary/aromatic N) is 2. The second kappa shape index (κ2) is 7.43. The molecule has 1 aromatic carbocycles. The van der Waals surface area contributed by atoms with E-state index in [1.807, 2.05) is 24.3 Å². The van der Waals surface area contributed by atoms with E-state index < -0.39 is 0 Å². The van der Waals surface area contributed by atoms with E-state index in [2.05, 4.69) is 54.0 Å². The van der Waals surface area contributed by atoms with E-state index in [-0.39, 0.29) is 0 Å². The summed E-state index contributed by atoms with van der Waals surface area (Å²) in [4.78, 5) is 9.78. The van der Waals surface area contributed by atoms with Crippen LogP contribution in [0.3, 0.4) is 0 Å². The molecule has 0 unspecified atom stereocenters. The second-order valence-corrected chi connectivity index (χ2v) is 6.82.